The number of hydrogen-bond donors (Lipinski definition) is 1. The topological polar surface area (TPSA) is 97.0 Å². The highest BCUT2D eigenvalue weighted by molar-refractivity contribution is 7.99. The van der Waals surface area contributed by atoms with Crippen LogP contribution in [0, 0.1) is 11.3 Å². The van der Waals surface area contributed by atoms with Gasteiger partial charge in [0.25, 0.3) is 5.91 Å². The molecule has 1 N–H and O–H groups in total. The minimum Gasteiger partial charge on any atom is -0.451 e. The molecule has 0 atom stereocenters. The van der Waals surface area contributed by atoms with Crippen LogP contribution in [0.3, 0.4) is 0 Å². The first-order chi connectivity index (χ1) is 16.2. The number of esters is 1. The van der Waals surface area contributed by atoms with Gasteiger partial charge in [-0.05, 0) is 35.7 Å². The van der Waals surface area contributed by atoms with Gasteiger partial charge in [0.1, 0.15) is 5.69 Å². The fourth-order valence-electron chi connectivity index (χ4n) is 3.03. The molecular weight excluding hydrogens is 456 g/mol. The molecule has 9 heteroatoms. The normalized spacial score (nSPS) is 10.4. The van der Waals surface area contributed by atoms with Gasteiger partial charge in [0.15, 0.2) is 12.3 Å². The third-order valence-corrected chi connectivity index (χ3v) is 6.31. The van der Waals surface area contributed by atoms with Gasteiger partial charge in [-0.2, -0.15) is 10.4 Å². The number of aromatic nitrogens is 2. The molecule has 2 aromatic heterocycles. The number of anilines is 1. The van der Waals surface area contributed by atoms with Crippen LogP contribution in [0.1, 0.15) is 10.5 Å². The van der Waals surface area contributed by atoms with Crippen LogP contribution < -0.4 is 5.32 Å². The zero-order valence-electron chi connectivity index (χ0n) is 17.3. The molecule has 0 radical (unpaired) electrons. The number of carbonyl (C=O) groups excluding carboxylic acids is 2. The van der Waals surface area contributed by atoms with Crippen LogP contribution in [0.4, 0.5) is 5.69 Å². The van der Waals surface area contributed by atoms with Gasteiger partial charge in [0.2, 0.25) is 0 Å². The Kier molecular flexibility index (Phi) is 7.19. The maximum atomic E-state index is 12.9. The molecule has 0 bridgehead atoms. The lowest BCUT2D eigenvalue weighted by Crippen LogP contribution is -2.22. The molecule has 0 unspecified atom stereocenters. The lowest BCUT2D eigenvalue weighted by molar-refractivity contribution is -0.119. The van der Waals surface area contributed by atoms with E-state index in [9.17, 15) is 9.59 Å². The molecule has 0 aliphatic heterocycles. The first kappa shape index (κ1) is 22.3. The molecule has 1 amide bonds. The van der Waals surface area contributed by atoms with Crippen molar-refractivity contribution < 1.29 is 14.3 Å². The second-order valence-corrected chi connectivity index (χ2v) is 8.67. The summed E-state index contributed by atoms with van der Waals surface area (Å²) in [6, 6.07) is 24.0. The maximum absolute atomic E-state index is 12.9. The third-order valence-electron chi connectivity index (χ3n) is 4.48. The second kappa shape index (κ2) is 10.6. The number of thiophene rings is 1. The Hall–Kier alpha value is -3.87. The Morgan fingerprint density at radius 3 is 2.64 bits per heavy atom. The van der Waals surface area contributed by atoms with E-state index >= 15 is 0 Å². The Morgan fingerprint density at radius 2 is 1.88 bits per heavy atom. The number of ether oxygens (including phenoxy) is 1. The highest BCUT2D eigenvalue weighted by atomic mass is 32.2. The van der Waals surface area contributed by atoms with E-state index in [2.05, 4.69) is 16.5 Å². The number of hydrogen-bond acceptors (Lipinski definition) is 7. The monoisotopic (exact) mass is 474 g/mol. The van der Waals surface area contributed by atoms with Crippen LogP contribution >= 0.6 is 23.1 Å². The van der Waals surface area contributed by atoms with Gasteiger partial charge in [0.05, 0.1) is 28.1 Å². The van der Waals surface area contributed by atoms with Crippen LogP contribution in [0.15, 0.2) is 83.1 Å². The van der Waals surface area contributed by atoms with Gasteiger partial charge < -0.3 is 10.1 Å². The molecule has 7 nitrogen and oxygen atoms in total. The van der Waals surface area contributed by atoms with Crippen LogP contribution in [-0.4, -0.2) is 34.0 Å². The molecule has 4 rings (SSSR count). The van der Waals surface area contributed by atoms with Crippen molar-refractivity contribution in [3.8, 4) is 22.3 Å². The van der Waals surface area contributed by atoms with Crippen molar-refractivity contribution in [2.45, 2.75) is 4.90 Å². The van der Waals surface area contributed by atoms with Crippen molar-refractivity contribution in [2.75, 3.05) is 17.7 Å². The van der Waals surface area contributed by atoms with Crippen molar-refractivity contribution in [2.24, 2.45) is 0 Å². The summed E-state index contributed by atoms with van der Waals surface area (Å²) in [6.45, 7) is -0.454. The zero-order valence-corrected chi connectivity index (χ0v) is 18.9. The van der Waals surface area contributed by atoms with Gasteiger partial charge in [-0.1, -0.05) is 36.4 Å². The molecule has 2 aromatic carbocycles. The lowest BCUT2D eigenvalue weighted by Gasteiger charge is -2.10. The minimum atomic E-state index is -0.656. The number of nitrogens with one attached hydrogen (secondary N) is 1. The number of rotatable bonds is 8. The number of carbonyl (C=O) groups is 2. The van der Waals surface area contributed by atoms with Gasteiger partial charge in [-0.15, -0.1) is 23.1 Å². The average molecular weight is 475 g/mol. The smallest absolute Gasteiger partial charge is 0.357 e. The van der Waals surface area contributed by atoms with Crippen molar-refractivity contribution in [1.82, 2.24) is 9.78 Å². The average Bonchev–Trinajstić information content (AvgIpc) is 3.53. The third kappa shape index (κ3) is 5.49. The number of amides is 1. The van der Waals surface area contributed by atoms with E-state index in [0.717, 1.165) is 9.77 Å². The van der Waals surface area contributed by atoms with E-state index in [0.29, 0.717) is 17.1 Å². The van der Waals surface area contributed by atoms with Crippen molar-refractivity contribution in [1.29, 1.82) is 5.26 Å². The van der Waals surface area contributed by atoms with Crippen molar-refractivity contribution in [3.63, 3.8) is 0 Å². The quantitative estimate of drug-likeness (QED) is 0.285. The van der Waals surface area contributed by atoms with E-state index in [1.165, 1.54) is 27.8 Å². The fraction of sp³-hybridized carbons (Fsp3) is 0.0833. The zero-order chi connectivity index (χ0) is 23.0. The molecule has 0 saturated carbocycles. The molecular formula is C24H18N4O3S2. The summed E-state index contributed by atoms with van der Waals surface area (Å²) in [5.41, 5.74) is 2.14. The van der Waals surface area contributed by atoms with Crippen molar-refractivity contribution >= 4 is 40.7 Å². The van der Waals surface area contributed by atoms with Gasteiger partial charge >= 0.3 is 5.97 Å². The standard InChI is InChI=1S/C24H18N4O3S2/c25-12-14-33-21-10-5-4-9-18(21)26-23(29)16-31-24(30)20-15-19(22-11-6-13-32-22)27-28(20)17-7-2-1-3-8-17/h1-11,13,15H,14,16H2,(H,26,29). The summed E-state index contributed by atoms with van der Waals surface area (Å²) in [5, 5.41) is 18.0. The van der Waals surface area contributed by atoms with E-state index in [4.69, 9.17) is 10.00 Å². The van der Waals surface area contributed by atoms with Gasteiger partial charge in [-0.3, -0.25) is 4.79 Å². The van der Waals surface area contributed by atoms with Crippen LogP contribution in [-0.2, 0) is 9.53 Å². The van der Waals surface area contributed by atoms with Gasteiger partial charge in [-0.25, -0.2) is 9.48 Å². The predicted octanol–water partition coefficient (Wildman–Crippen LogP) is 5.01. The molecule has 0 spiro atoms. The van der Waals surface area contributed by atoms with Crippen LogP contribution in [0.2, 0.25) is 0 Å². The Balaban J connectivity index is 1.49. The Bertz CT molecular complexity index is 1300. The molecule has 0 saturated heterocycles. The number of nitriles is 1. The molecule has 4 aromatic rings. The highest BCUT2D eigenvalue weighted by Gasteiger charge is 2.20. The molecule has 33 heavy (non-hydrogen) atoms. The largest absolute Gasteiger partial charge is 0.451 e. The molecule has 2 heterocycles. The van der Waals surface area contributed by atoms with Crippen LogP contribution in [0.25, 0.3) is 16.3 Å². The van der Waals surface area contributed by atoms with E-state index < -0.39 is 18.5 Å². The maximum Gasteiger partial charge on any atom is 0.357 e. The summed E-state index contributed by atoms with van der Waals surface area (Å²) < 4.78 is 6.83. The summed E-state index contributed by atoms with van der Waals surface area (Å²) in [4.78, 5) is 27.0. The van der Waals surface area contributed by atoms with E-state index in [1.807, 2.05) is 60.0 Å². The molecule has 164 valence electrons. The van der Waals surface area contributed by atoms with Crippen molar-refractivity contribution in [3.05, 3.63) is 83.9 Å². The summed E-state index contributed by atoms with van der Waals surface area (Å²) in [6.07, 6.45) is 0. The second-order valence-electron chi connectivity index (χ2n) is 6.71. The minimum absolute atomic E-state index is 0.224. The van der Waals surface area contributed by atoms with Crippen LogP contribution in [0.5, 0.6) is 0 Å². The summed E-state index contributed by atoms with van der Waals surface area (Å²) in [7, 11) is 0. The molecule has 0 aliphatic carbocycles. The molecule has 0 aliphatic rings. The number of para-hydroxylation sites is 2. The van der Waals surface area contributed by atoms with E-state index in [-0.39, 0.29) is 11.4 Å². The first-order valence-corrected chi connectivity index (χ1v) is 11.8. The van der Waals surface area contributed by atoms with Gasteiger partial charge in [0, 0.05) is 11.0 Å². The molecule has 0 fully saturated rings. The SMILES string of the molecule is N#CCSc1ccccc1NC(=O)COC(=O)c1cc(-c2cccs2)nn1-c1ccccc1. The first-order valence-electron chi connectivity index (χ1n) is 9.91. The number of benzene rings is 2. The Morgan fingerprint density at radius 1 is 1.09 bits per heavy atom. The lowest BCUT2D eigenvalue weighted by atomic mass is 10.3. The van der Waals surface area contributed by atoms with E-state index in [1.54, 1.807) is 18.2 Å². The fourth-order valence-corrected chi connectivity index (χ4v) is 4.39. The number of nitrogens with zero attached hydrogens (tertiary/aromatic N) is 3. The Labute approximate surface area is 198 Å². The highest BCUT2D eigenvalue weighted by Crippen LogP contribution is 2.27. The summed E-state index contributed by atoms with van der Waals surface area (Å²) in [5.74, 6) is -0.869. The predicted molar refractivity (Wildman–Crippen MR) is 129 cm³/mol. The number of thioether (sulfide) groups is 1. The summed E-state index contributed by atoms with van der Waals surface area (Å²) >= 11 is 2.83.